The van der Waals surface area contributed by atoms with Crippen LogP contribution in [0.2, 0.25) is 0 Å². The van der Waals surface area contributed by atoms with Crippen LogP contribution in [0, 0.1) is 5.92 Å². The normalized spacial score (nSPS) is 28.4. The van der Waals surface area contributed by atoms with Gasteiger partial charge in [0, 0.05) is 38.8 Å². The highest BCUT2D eigenvalue weighted by Crippen LogP contribution is 2.29. The molecular weight excluding hydrogens is 256 g/mol. The fraction of sp³-hybridized carbons (Fsp3) is 0.579. The van der Waals surface area contributed by atoms with Gasteiger partial charge in [-0.15, -0.1) is 0 Å². The van der Waals surface area contributed by atoms with Crippen LogP contribution in [0.3, 0.4) is 0 Å². The third kappa shape index (κ3) is 4.18. The minimum absolute atomic E-state index is 0.877. The van der Waals surface area contributed by atoms with Crippen molar-refractivity contribution >= 4 is 6.08 Å². The van der Waals surface area contributed by atoms with Gasteiger partial charge in [-0.1, -0.05) is 49.4 Å². The summed E-state index contributed by atoms with van der Waals surface area (Å²) in [5, 5.41) is 0. The monoisotopic (exact) mass is 284 g/mol. The van der Waals surface area contributed by atoms with Crippen LogP contribution >= 0.6 is 0 Å². The van der Waals surface area contributed by atoms with Gasteiger partial charge in [0.15, 0.2) is 0 Å². The average Bonchev–Trinajstić information content (AvgIpc) is 2.96. The largest absolute Gasteiger partial charge is 0.298 e. The number of rotatable bonds is 4. The lowest BCUT2D eigenvalue weighted by Gasteiger charge is -2.37. The molecule has 1 aliphatic carbocycles. The first-order valence-electron chi connectivity index (χ1n) is 8.49. The Morgan fingerprint density at radius 2 is 1.81 bits per heavy atom. The maximum absolute atomic E-state index is 2.74. The van der Waals surface area contributed by atoms with Crippen molar-refractivity contribution in [3.63, 3.8) is 0 Å². The van der Waals surface area contributed by atoms with E-state index in [-0.39, 0.29) is 0 Å². The lowest BCUT2D eigenvalue weighted by molar-refractivity contribution is 0.104. The summed E-state index contributed by atoms with van der Waals surface area (Å²) in [6.45, 7) is 8.47. The second-order valence-electron chi connectivity index (χ2n) is 6.72. The van der Waals surface area contributed by atoms with Gasteiger partial charge in [-0.2, -0.15) is 0 Å². The van der Waals surface area contributed by atoms with Crippen molar-refractivity contribution < 1.29 is 0 Å². The van der Waals surface area contributed by atoms with Crippen LogP contribution in [0.5, 0.6) is 0 Å². The Morgan fingerprint density at radius 3 is 2.48 bits per heavy atom. The maximum Gasteiger partial charge on any atom is 0.0167 e. The molecular formula is C19H28N2. The van der Waals surface area contributed by atoms with Crippen molar-refractivity contribution in [3.8, 4) is 0 Å². The molecule has 1 heterocycles. The Labute approximate surface area is 129 Å². The van der Waals surface area contributed by atoms with Crippen LogP contribution in [0.15, 0.2) is 36.4 Å². The number of benzene rings is 1. The molecule has 1 aromatic carbocycles. The Kier molecular flexibility index (Phi) is 5.10. The van der Waals surface area contributed by atoms with Crippen LogP contribution in [0.4, 0.5) is 0 Å². The quantitative estimate of drug-likeness (QED) is 0.835. The standard InChI is InChI=1S/C19H28N2/c1-17-9-10-19(16-17)21-14-12-20(13-15-21)11-5-8-18-6-3-2-4-7-18/h2-8,17,19H,9-16H2,1H3. The number of nitrogens with zero attached hydrogens (tertiary/aromatic N) is 2. The van der Waals surface area contributed by atoms with E-state index in [9.17, 15) is 0 Å². The zero-order valence-corrected chi connectivity index (χ0v) is 13.2. The van der Waals surface area contributed by atoms with Crippen LogP contribution < -0.4 is 0 Å². The molecule has 2 atom stereocenters. The molecule has 2 unspecified atom stereocenters. The Hall–Kier alpha value is -1.12. The lowest BCUT2D eigenvalue weighted by Crippen LogP contribution is -2.49. The lowest BCUT2D eigenvalue weighted by atomic mass is 10.1. The predicted octanol–water partition coefficient (Wildman–Crippen LogP) is 3.51. The summed E-state index contributed by atoms with van der Waals surface area (Å²) in [6.07, 6.45) is 8.83. The van der Waals surface area contributed by atoms with Crippen molar-refractivity contribution in [3.05, 3.63) is 42.0 Å². The third-order valence-corrected chi connectivity index (χ3v) is 5.06. The molecule has 2 fully saturated rings. The summed E-state index contributed by atoms with van der Waals surface area (Å²) >= 11 is 0. The molecule has 1 saturated carbocycles. The van der Waals surface area contributed by atoms with E-state index in [0.29, 0.717) is 0 Å². The van der Waals surface area contributed by atoms with Gasteiger partial charge < -0.3 is 0 Å². The van der Waals surface area contributed by atoms with Gasteiger partial charge in [-0.05, 0) is 30.7 Å². The summed E-state index contributed by atoms with van der Waals surface area (Å²) in [7, 11) is 0. The maximum atomic E-state index is 2.74. The van der Waals surface area contributed by atoms with Crippen LogP contribution in [0.25, 0.3) is 6.08 Å². The summed E-state index contributed by atoms with van der Waals surface area (Å²) in [6, 6.07) is 11.5. The molecule has 0 bridgehead atoms. The molecule has 3 rings (SSSR count). The molecule has 21 heavy (non-hydrogen) atoms. The molecule has 0 N–H and O–H groups in total. The highest BCUT2D eigenvalue weighted by atomic mass is 15.3. The van der Waals surface area contributed by atoms with Crippen LogP contribution in [0.1, 0.15) is 31.7 Å². The van der Waals surface area contributed by atoms with E-state index in [1.165, 1.54) is 51.0 Å². The Balaban J connectivity index is 1.41. The molecule has 2 heteroatoms. The summed E-state index contributed by atoms with van der Waals surface area (Å²) < 4.78 is 0. The summed E-state index contributed by atoms with van der Waals surface area (Å²) in [5.74, 6) is 0.946. The molecule has 1 saturated heterocycles. The second-order valence-corrected chi connectivity index (χ2v) is 6.72. The van der Waals surface area contributed by atoms with Crippen LogP contribution in [-0.2, 0) is 0 Å². The molecule has 0 amide bonds. The van der Waals surface area contributed by atoms with Crippen molar-refractivity contribution in [2.75, 3.05) is 32.7 Å². The zero-order valence-electron chi connectivity index (χ0n) is 13.2. The van der Waals surface area contributed by atoms with Crippen molar-refractivity contribution in [2.45, 2.75) is 32.2 Å². The van der Waals surface area contributed by atoms with E-state index in [0.717, 1.165) is 18.5 Å². The average molecular weight is 284 g/mol. The van der Waals surface area contributed by atoms with E-state index in [4.69, 9.17) is 0 Å². The molecule has 2 aliphatic rings. The fourth-order valence-electron chi connectivity index (χ4n) is 3.72. The van der Waals surface area contributed by atoms with E-state index in [1.54, 1.807) is 0 Å². The zero-order chi connectivity index (χ0) is 14.5. The number of hydrogen-bond donors (Lipinski definition) is 0. The molecule has 114 valence electrons. The second kappa shape index (κ2) is 7.24. The first-order valence-corrected chi connectivity index (χ1v) is 8.49. The number of piperazine rings is 1. The molecule has 1 aliphatic heterocycles. The van der Waals surface area contributed by atoms with Gasteiger partial charge in [0.1, 0.15) is 0 Å². The number of hydrogen-bond acceptors (Lipinski definition) is 2. The SMILES string of the molecule is CC1CCC(N2CCN(CC=Cc3ccccc3)CC2)C1. The summed E-state index contributed by atoms with van der Waals surface area (Å²) in [4.78, 5) is 5.31. The van der Waals surface area contributed by atoms with E-state index in [2.05, 4.69) is 59.2 Å². The highest BCUT2D eigenvalue weighted by molar-refractivity contribution is 5.48. The molecule has 0 aromatic heterocycles. The van der Waals surface area contributed by atoms with Gasteiger partial charge in [0.2, 0.25) is 0 Å². The Bertz CT molecular complexity index is 446. The third-order valence-electron chi connectivity index (χ3n) is 5.06. The molecule has 0 radical (unpaired) electrons. The summed E-state index contributed by atoms with van der Waals surface area (Å²) in [5.41, 5.74) is 1.30. The Morgan fingerprint density at radius 1 is 1.05 bits per heavy atom. The van der Waals surface area contributed by atoms with Crippen molar-refractivity contribution in [2.24, 2.45) is 5.92 Å². The van der Waals surface area contributed by atoms with E-state index >= 15 is 0 Å². The minimum Gasteiger partial charge on any atom is -0.298 e. The van der Waals surface area contributed by atoms with Crippen molar-refractivity contribution in [1.29, 1.82) is 0 Å². The topological polar surface area (TPSA) is 6.48 Å². The van der Waals surface area contributed by atoms with Gasteiger partial charge in [-0.3, -0.25) is 9.80 Å². The van der Waals surface area contributed by atoms with Gasteiger partial charge in [0.05, 0.1) is 0 Å². The van der Waals surface area contributed by atoms with Crippen LogP contribution in [-0.4, -0.2) is 48.6 Å². The van der Waals surface area contributed by atoms with Gasteiger partial charge in [-0.25, -0.2) is 0 Å². The fourth-order valence-corrected chi connectivity index (χ4v) is 3.72. The minimum atomic E-state index is 0.877. The van der Waals surface area contributed by atoms with Gasteiger partial charge >= 0.3 is 0 Å². The first kappa shape index (κ1) is 14.8. The highest BCUT2D eigenvalue weighted by Gasteiger charge is 2.28. The molecule has 0 spiro atoms. The van der Waals surface area contributed by atoms with E-state index in [1.807, 2.05) is 0 Å². The first-order chi connectivity index (χ1) is 10.3. The molecule has 1 aromatic rings. The van der Waals surface area contributed by atoms with E-state index < -0.39 is 0 Å². The smallest absolute Gasteiger partial charge is 0.0167 e. The molecule has 2 nitrogen and oxygen atoms in total. The predicted molar refractivity (Wildman–Crippen MR) is 90.3 cm³/mol. The van der Waals surface area contributed by atoms with Gasteiger partial charge in [0.25, 0.3) is 0 Å². The van der Waals surface area contributed by atoms with Crippen molar-refractivity contribution in [1.82, 2.24) is 9.80 Å².